The lowest BCUT2D eigenvalue weighted by Gasteiger charge is -2.24. The van der Waals surface area contributed by atoms with Gasteiger partial charge in [-0.1, -0.05) is 0 Å². The molecule has 1 aromatic carbocycles. The maximum Gasteiger partial charge on any atom is 0.253 e. The largest absolute Gasteiger partial charge is 0.337 e. The summed E-state index contributed by atoms with van der Waals surface area (Å²) in [6.07, 6.45) is 3.30. The summed E-state index contributed by atoms with van der Waals surface area (Å²) in [6.45, 7) is 5.14. The van der Waals surface area contributed by atoms with E-state index < -0.39 is 10.0 Å². The number of benzene rings is 1. The van der Waals surface area contributed by atoms with Gasteiger partial charge in [0.05, 0.1) is 4.90 Å². The fourth-order valence-electron chi connectivity index (χ4n) is 3.52. The van der Waals surface area contributed by atoms with Crippen molar-refractivity contribution in [2.45, 2.75) is 56.1 Å². The number of nitrogens with zero attached hydrogens (tertiary/aromatic N) is 2. The number of likely N-dealkylation sites (tertiary alicyclic amines) is 1. The second-order valence-corrected chi connectivity index (χ2v) is 9.31. The molecule has 138 valence electrons. The third-order valence-corrected chi connectivity index (χ3v) is 7.36. The van der Waals surface area contributed by atoms with Gasteiger partial charge in [0.15, 0.2) is 0 Å². The van der Waals surface area contributed by atoms with Gasteiger partial charge in [0, 0.05) is 43.8 Å². The van der Waals surface area contributed by atoms with E-state index in [9.17, 15) is 13.2 Å². The topological polar surface area (TPSA) is 69.7 Å². The molecule has 1 N–H and O–H groups in total. The van der Waals surface area contributed by atoms with Gasteiger partial charge in [-0.25, -0.2) is 8.42 Å². The van der Waals surface area contributed by atoms with Crippen molar-refractivity contribution >= 4 is 15.9 Å². The number of carbonyl (C=O) groups excluding carboxylic acids is 1. The highest BCUT2D eigenvalue weighted by Crippen LogP contribution is 2.22. The molecule has 7 heteroatoms. The second kappa shape index (κ2) is 7.05. The predicted molar refractivity (Wildman–Crippen MR) is 97.0 cm³/mol. The number of sulfonamides is 1. The standard InChI is InChI=1S/C18H27N3O3S/c1-13(2)20(3)25(23,24)17-8-4-14(5-9-17)18(22)21-11-10-15-6-7-16(12-21)19-15/h4-5,8-9,13,15-16,19H,6-7,10-12H2,1-3H3. The molecule has 1 amide bonds. The SMILES string of the molecule is CC(C)N(C)S(=O)(=O)c1ccc(C(=O)N2CCC3CCC(C2)N3)cc1. The van der Waals surface area contributed by atoms with Crippen molar-refractivity contribution in [1.29, 1.82) is 0 Å². The Balaban J connectivity index is 1.75. The van der Waals surface area contributed by atoms with Crippen LogP contribution in [0, 0.1) is 0 Å². The minimum absolute atomic E-state index is 0.0180. The summed E-state index contributed by atoms with van der Waals surface area (Å²) in [4.78, 5) is 14.9. The molecule has 3 rings (SSSR count). The fourth-order valence-corrected chi connectivity index (χ4v) is 4.89. The van der Waals surface area contributed by atoms with E-state index in [4.69, 9.17) is 0 Å². The normalized spacial score (nSPS) is 24.0. The Morgan fingerprint density at radius 3 is 2.44 bits per heavy atom. The molecule has 2 saturated heterocycles. The lowest BCUT2D eigenvalue weighted by Crippen LogP contribution is -2.39. The van der Waals surface area contributed by atoms with Crippen molar-refractivity contribution in [2.24, 2.45) is 0 Å². The molecule has 0 aromatic heterocycles. The van der Waals surface area contributed by atoms with Crippen molar-refractivity contribution < 1.29 is 13.2 Å². The van der Waals surface area contributed by atoms with Gasteiger partial charge in [-0.05, 0) is 57.4 Å². The zero-order valence-corrected chi connectivity index (χ0v) is 15.9. The van der Waals surface area contributed by atoms with E-state index in [-0.39, 0.29) is 16.8 Å². The Labute approximate surface area is 150 Å². The van der Waals surface area contributed by atoms with Crippen LogP contribution in [-0.4, -0.2) is 61.8 Å². The van der Waals surface area contributed by atoms with Gasteiger partial charge in [-0.2, -0.15) is 4.31 Å². The van der Waals surface area contributed by atoms with E-state index in [0.29, 0.717) is 17.6 Å². The minimum Gasteiger partial charge on any atom is -0.337 e. The van der Waals surface area contributed by atoms with Crippen LogP contribution in [0.1, 0.15) is 43.5 Å². The monoisotopic (exact) mass is 365 g/mol. The van der Waals surface area contributed by atoms with E-state index in [1.165, 1.54) is 22.9 Å². The molecule has 6 nitrogen and oxygen atoms in total. The average Bonchev–Trinajstić information content (AvgIpc) is 2.92. The maximum atomic E-state index is 12.8. The molecular formula is C18H27N3O3S. The predicted octanol–water partition coefficient (Wildman–Crippen LogP) is 1.68. The van der Waals surface area contributed by atoms with Crippen molar-refractivity contribution in [1.82, 2.24) is 14.5 Å². The van der Waals surface area contributed by atoms with Crippen LogP contribution in [0.3, 0.4) is 0 Å². The highest BCUT2D eigenvalue weighted by atomic mass is 32.2. The summed E-state index contributed by atoms with van der Waals surface area (Å²) < 4.78 is 26.4. The fraction of sp³-hybridized carbons (Fsp3) is 0.611. The number of hydrogen-bond donors (Lipinski definition) is 1. The minimum atomic E-state index is -3.52. The van der Waals surface area contributed by atoms with Crippen LogP contribution in [0.5, 0.6) is 0 Å². The Kier molecular flexibility index (Phi) is 5.18. The molecule has 25 heavy (non-hydrogen) atoms. The van der Waals surface area contributed by atoms with Gasteiger partial charge in [0.2, 0.25) is 10.0 Å². The second-order valence-electron chi connectivity index (χ2n) is 7.32. The van der Waals surface area contributed by atoms with Crippen LogP contribution in [0.15, 0.2) is 29.2 Å². The lowest BCUT2D eigenvalue weighted by molar-refractivity contribution is 0.0748. The number of carbonyl (C=O) groups is 1. The highest BCUT2D eigenvalue weighted by molar-refractivity contribution is 7.89. The van der Waals surface area contributed by atoms with Gasteiger partial charge in [0.25, 0.3) is 5.91 Å². The van der Waals surface area contributed by atoms with E-state index in [2.05, 4.69) is 5.32 Å². The smallest absolute Gasteiger partial charge is 0.253 e. The maximum absolute atomic E-state index is 12.8. The summed E-state index contributed by atoms with van der Waals surface area (Å²) in [6, 6.07) is 7.11. The molecule has 2 aliphatic heterocycles. The molecule has 0 spiro atoms. The van der Waals surface area contributed by atoms with Crippen molar-refractivity contribution in [3.63, 3.8) is 0 Å². The number of rotatable bonds is 4. The molecule has 0 aliphatic carbocycles. The molecule has 2 atom stereocenters. The van der Waals surface area contributed by atoms with Crippen LogP contribution in [0.4, 0.5) is 0 Å². The van der Waals surface area contributed by atoms with Crippen molar-refractivity contribution in [2.75, 3.05) is 20.1 Å². The Morgan fingerprint density at radius 1 is 1.16 bits per heavy atom. The average molecular weight is 365 g/mol. The molecule has 0 radical (unpaired) electrons. The molecule has 0 saturated carbocycles. The molecule has 2 unspecified atom stereocenters. The van der Waals surface area contributed by atoms with Crippen LogP contribution in [0.2, 0.25) is 0 Å². The first-order chi connectivity index (χ1) is 11.8. The van der Waals surface area contributed by atoms with Gasteiger partial charge < -0.3 is 10.2 Å². The molecular weight excluding hydrogens is 338 g/mol. The van der Waals surface area contributed by atoms with Gasteiger partial charge in [-0.3, -0.25) is 4.79 Å². The number of hydrogen-bond acceptors (Lipinski definition) is 4. The number of nitrogens with one attached hydrogen (secondary N) is 1. The Bertz CT molecular complexity index is 730. The first-order valence-electron chi connectivity index (χ1n) is 8.92. The summed E-state index contributed by atoms with van der Waals surface area (Å²) in [5.41, 5.74) is 0.545. The molecule has 2 aliphatic rings. The van der Waals surface area contributed by atoms with Gasteiger partial charge in [0.1, 0.15) is 0 Å². The van der Waals surface area contributed by atoms with Crippen LogP contribution < -0.4 is 5.32 Å². The summed E-state index contributed by atoms with van der Waals surface area (Å²) in [5.74, 6) is -0.0180. The quantitative estimate of drug-likeness (QED) is 0.881. The molecule has 2 bridgehead atoms. The lowest BCUT2D eigenvalue weighted by atomic mass is 10.1. The Morgan fingerprint density at radius 2 is 1.80 bits per heavy atom. The molecule has 1 aromatic rings. The summed E-state index contributed by atoms with van der Waals surface area (Å²) in [5, 5.41) is 3.56. The van der Waals surface area contributed by atoms with Crippen LogP contribution in [0.25, 0.3) is 0 Å². The third kappa shape index (κ3) is 3.73. The van der Waals surface area contributed by atoms with E-state index in [1.54, 1.807) is 19.2 Å². The van der Waals surface area contributed by atoms with E-state index in [1.807, 2.05) is 18.7 Å². The van der Waals surface area contributed by atoms with E-state index >= 15 is 0 Å². The third-order valence-electron chi connectivity index (χ3n) is 5.32. The van der Waals surface area contributed by atoms with E-state index in [0.717, 1.165) is 25.9 Å². The first-order valence-corrected chi connectivity index (χ1v) is 10.4. The molecule has 2 heterocycles. The zero-order valence-electron chi connectivity index (χ0n) is 15.1. The van der Waals surface area contributed by atoms with Gasteiger partial charge >= 0.3 is 0 Å². The number of fused-ring (bicyclic) bond motifs is 2. The van der Waals surface area contributed by atoms with Crippen molar-refractivity contribution in [3.05, 3.63) is 29.8 Å². The van der Waals surface area contributed by atoms with Gasteiger partial charge in [-0.15, -0.1) is 0 Å². The zero-order chi connectivity index (χ0) is 18.2. The van der Waals surface area contributed by atoms with Crippen molar-refractivity contribution in [3.8, 4) is 0 Å². The first kappa shape index (κ1) is 18.4. The van der Waals surface area contributed by atoms with Crippen LogP contribution >= 0.6 is 0 Å². The number of amides is 1. The highest BCUT2D eigenvalue weighted by Gasteiger charge is 2.31. The van der Waals surface area contributed by atoms with Crippen LogP contribution in [-0.2, 0) is 10.0 Å². The Hall–Kier alpha value is -1.44. The molecule has 2 fully saturated rings. The summed E-state index contributed by atoms with van der Waals surface area (Å²) in [7, 11) is -1.95. The summed E-state index contributed by atoms with van der Waals surface area (Å²) >= 11 is 0.